The fourth-order valence-corrected chi connectivity index (χ4v) is 4.25. The second-order valence-electron chi connectivity index (χ2n) is 7.92. The van der Waals surface area contributed by atoms with Crippen LogP contribution in [0.3, 0.4) is 0 Å². The van der Waals surface area contributed by atoms with E-state index in [4.69, 9.17) is 4.74 Å². The first-order valence-electron chi connectivity index (χ1n) is 10.7. The Labute approximate surface area is 206 Å². The zero-order valence-electron chi connectivity index (χ0n) is 18.6. The maximum absolute atomic E-state index is 13.2. The number of ketones is 1. The maximum atomic E-state index is 13.2. The summed E-state index contributed by atoms with van der Waals surface area (Å²) in [7, 11) is 0. The molecule has 1 N–H and O–H groups in total. The van der Waals surface area contributed by atoms with Crippen molar-refractivity contribution in [3.63, 3.8) is 0 Å². The summed E-state index contributed by atoms with van der Waals surface area (Å²) in [4.78, 5) is 31.9. The van der Waals surface area contributed by atoms with Gasteiger partial charge in [-0.25, -0.2) is 0 Å². The van der Waals surface area contributed by atoms with Crippen molar-refractivity contribution in [2.75, 3.05) is 6.61 Å². The minimum Gasteiger partial charge on any atom is -0.507 e. The predicted molar refractivity (Wildman–Crippen MR) is 133 cm³/mol. The monoisotopic (exact) mass is 518 g/mol. The molecule has 0 aliphatic carbocycles. The molecule has 1 fully saturated rings. The molecule has 1 atom stereocenters. The van der Waals surface area contributed by atoms with Gasteiger partial charge in [-0.15, -0.1) is 0 Å². The van der Waals surface area contributed by atoms with Crippen LogP contribution in [0.15, 0.2) is 89.7 Å². The summed E-state index contributed by atoms with van der Waals surface area (Å²) in [5.74, 6) is -0.962. The molecule has 2 aromatic carbocycles. The summed E-state index contributed by atoms with van der Waals surface area (Å²) >= 11 is 3.42. The van der Waals surface area contributed by atoms with Crippen LogP contribution in [0.5, 0.6) is 5.75 Å². The molecular formula is C27H23BrN2O4. The molecular weight excluding hydrogens is 496 g/mol. The third kappa shape index (κ3) is 4.65. The average Bonchev–Trinajstić information content (AvgIpc) is 3.09. The lowest BCUT2D eigenvalue weighted by atomic mass is 9.94. The Morgan fingerprint density at radius 2 is 1.97 bits per heavy atom. The summed E-state index contributed by atoms with van der Waals surface area (Å²) in [6.45, 7) is 6.03. The van der Waals surface area contributed by atoms with E-state index in [9.17, 15) is 14.7 Å². The lowest BCUT2D eigenvalue weighted by molar-refractivity contribution is -0.140. The largest absolute Gasteiger partial charge is 0.507 e. The molecule has 1 aliphatic heterocycles. The molecule has 0 saturated carbocycles. The van der Waals surface area contributed by atoms with Crippen molar-refractivity contribution < 1.29 is 19.4 Å². The number of nitrogens with zero attached hydrogens (tertiary/aromatic N) is 2. The third-order valence-electron chi connectivity index (χ3n) is 5.61. The number of aliphatic hydroxyl groups is 1. The number of pyridine rings is 1. The Hall–Kier alpha value is -3.71. The highest BCUT2D eigenvalue weighted by Gasteiger charge is 2.46. The van der Waals surface area contributed by atoms with Crippen molar-refractivity contribution in [1.29, 1.82) is 0 Å². The van der Waals surface area contributed by atoms with Crippen LogP contribution >= 0.6 is 15.9 Å². The number of ether oxygens (including phenoxy) is 1. The number of halogens is 1. The number of aliphatic hydroxyl groups excluding tert-OH is 1. The summed E-state index contributed by atoms with van der Waals surface area (Å²) in [5, 5.41) is 11.3. The average molecular weight is 519 g/mol. The van der Waals surface area contributed by atoms with Gasteiger partial charge in [0.25, 0.3) is 11.7 Å². The van der Waals surface area contributed by atoms with Gasteiger partial charge >= 0.3 is 0 Å². The van der Waals surface area contributed by atoms with E-state index in [0.29, 0.717) is 17.9 Å². The molecule has 1 amide bonds. The van der Waals surface area contributed by atoms with Crippen LogP contribution in [-0.4, -0.2) is 33.3 Å². The number of hydrogen-bond acceptors (Lipinski definition) is 5. The van der Waals surface area contributed by atoms with Crippen molar-refractivity contribution in [2.24, 2.45) is 0 Å². The van der Waals surface area contributed by atoms with Crippen molar-refractivity contribution in [3.05, 3.63) is 112 Å². The van der Waals surface area contributed by atoms with Gasteiger partial charge < -0.3 is 14.7 Å². The molecule has 4 rings (SSSR count). The van der Waals surface area contributed by atoms with Gasteiger partial charge in [-0.3, -0.25) is 14.6 Å². The van der Waals surface area contributed by atoms with Crippen molar-refractivity contribution in [2.45, 2.75) is 19.5 Å². The SMILES string of the molecule is C=CCOc1ccc(C(O)=C2C(=O)C(=O)N(Cc3cccnc3)C2c2ccc(Br)cc2)cc1C. The van der Waals surface area contributed by atoms with Crippen LogP contribution in [0, 0.1) is 6.92 Å². The van der Waals surface area contributed by atoms with Gasteiger partial charge in [-0.05, 0) is 60.0 Å². The van der Waals surface area contributed by atoms with Gasteiger partial charge in [0.1, 0.15) is 18.1 Å². The fourth-order valence-electron chi connectivity index (χ4n) is 3.99. The highest BCUT2D eigenvalue weighted by molar-refractivity contribution is 9.10. The minimum absolute atomic E-state index is 0.0513. The number of benzene rings is 2. The van der Waals surface area contributed by atoms with E-state index in [1.165, 1.54) is 4.90 Å². The number of likely N-dealkylation sites (tertiary alicyclic amines) is 1. The van der Waals surface area contributed by atoms with Crippen LogP contribution in [0.25, 0.3) is 5.76 Å². The number of carbonyl (C=O) groups is 2. The molecule has 1 unspecified atom stereocenters. The van der Waals surface area contributed by atoms with E-state index in [0.717, 1.165) is 21.2 Å². The molecule has 7 heteroatoms. The summed E-state index contributed by atoms with van der Waals surface area (Å²) < 4.78 is 6.48. The van der Waals surface area contributed by atoms with E-state index in [1.807, 2.05) is 37.3 Å². The highest BCUT2D eigenvalue weighted by Crippen LogP contribution is 2.41. The number of Topliss-reactive ketones (excluding diaryl/α,β-unsaturated/α-hetero) is 1. The maximum Gasteiger partial charge on any atom is 0.295 e. The summed E-state index contributed by atoms with van der Waals surface area (Å²) in [5.41, 5.74) is 2.78. The molecule has 0 spiro atoms. The number of rotatable bonds is 7. The van der Waals surface area contributed by atoms with Crippen molar-refractivity contribution in [1.82, 2.24) is 9.88 Å². The predicted octanol–water partition coefficient (Wildman–Crippen LogP) is 5.34. The van der Waals surface area contributed by atoms with Gasteiger partial charge in [-0.1, -0.05) is 46.8 Å². The van der Waals surface area contributed by atoms with E-state index in [2.05, 4.69) is 27.5 Å². The third-order valence-corrected chi connectivity index (χ3v) is 6.14. The molecule has 1 aromatic heterocycles. The number of carbonyl (C=O) groups excluding carboxylic acids is 2. The first-order chi connectivity index (χ1) is 16.4. The Morgan fingerprint density at radius 3 is 2.62 bits per heavy atom. The second-order valence-corrected chi connectivity index (χ2v) is 8.84. The lowest BCUT2D eigenvalue weighted by Crippen LogP contribution is -2.29. The highest BCUT2D eigenvalue weighted by atomic mass is 79.9. The molecule has 2 heterocycles. The summed E-state index contributed by atoms with van der Waals surface area (Å²) in [6, 6.07) is 15.4. The van der Waals surface area contributed by atoms with Gasteiger partial charge in [0.05, 0.1) is 11.6 Å². The quantitative estimate of drug-likeness (QED) is 0.197. The number of hydrogen-bond donors (Lipinski definition) is 1. The van der Waals surface area contributed by atoms with Crippen LogP contribution in [0.2, 0.25) is 0 Å². The van der Waals surface area contributed by atoms with Gasteiger partial charge in [0, 0.05) is 29.0 Å². The van der Waals surface area contributed by atoms with Crippen LogP contribution in [0.4, 0.5) is 0 Å². The first-order valence-corrected chi connectivity index (χ1v) is 11.5. The minimum atomic E-state index is -0.745. The lowest BCUT2D eigenvalue weighted by Gasteiger charge is -2.25. The van der Waals surface area contributed by atoms with Gasteiger partial charge in [-0.2, -0.15) is 0 Å². The zero-order valence-corrected chi connectivity index (χ0v) is 20.2. The van der Waals surface area contributed by atoms with Gasteiger partial charge in [0.2, 0.25) is 0 Å². The van der Waals surface area contributed by atoms with E-state index >= 15 is 0 Å². The first kappa shape index (κ1) is 23.4. The molecule has 0 bridgehead atoms. The molecule has 34 heavy (non-hydrogen) atoms. The van der Waals surface area contributed by atoms with Crippen LogP contribution < -0.4 is 4.74 Å². The van der Waals surface area contributed by atoms with E-state index in [-0.39, 0.29) is 17.9 Å². The second kappa shape index (κ2) is 10.1. The standard InChI is InChI=1S/C27H23BrN2O4/c1-3-13-34-22-11-8-20(14-17(22)2)25(31)23-24(19-6-9-21(28)10-7-19)30(27(33)26(23)32)16-18-5-4-12-29-15-18/h3-12,14-15,24,31H,1,13,16H2,2H3. The Morgan fingerprint density at radius 1 is 1.21 bits per heavy atom. The van der Waals surface area contributed by atoms with Gasteiger partial charge in [0.15, 0.2) is 0 Å². The molecule has 1 aliphatic rings. The van der Waals surface area contributed by atoms with E-state index in [1.54, 1.807) is 42.7 Å². The normalized spacial score (nSPS) is 17.1. The summed E-state index contributed by atoms with van der Waals surface area (Å²) in [6.07, 6.45) is 4.95. The zero-order chi connectivity index (χ0) is 24.2. The van der Waals surface area contributed by atoms with E-state index < -0.39 is 17.7 Å². The number of aryl methyl sites for hydroxylation is 1. The fraction of sp³-hybridized carbons (Fsp3) is 0.148. The molecule has 6 nitrogen and oxygen atoms in total. The van der Waals surface area contributed by atoms with Crippen LogP contribution in [-0.2, 0) is 16.1 Å². The Kier molecular flexibility index (Phi) is 6.93. The number of aromatic nitrogens is 1. The number of amides is 1. The van der Waals surface area contributed by atoms with Crippen molar-refractivity contribution in [3.8, 4) is 5.75 Å². The van der Waals surface area contributed by atoms with Crippen LogP contribution in [0.1, 0.15) is 28.3 Å². The Balaban J connectivity index is 1.81. The Bertz CT molecular complexity index is 1270. The molecule has 0 radical (unpaired) electrons. The molecule has 1 saturated heterocycles. The smallest absolute Gasteiger partial charge is 0.295 e. The molecule has 3 aromatic rings. The topological polar surface area (TPSA) is 79.7 Å². The molecule has 172 valence electrons. The van der Waals surface area contributed by atoms with Crippen molar-refractivity contribution >= 4 is 33.4 Å².